The van der Waals surface area contributed by atoms with E-state index in [-0.39, 0.29) is 35.9 Å². The van der Waals surface area contributed by atoms with Crippen LogP contribution in [-0.4, -0.2) is 99.8 Å². The van der Waals surface area contributed by atoms with Gasteiger partial charge in [-0.1, -0.05) is 23.7 Å². The molecule has 3 rings (SSSR count). The quantitative estimate of drug-likeness (QED) is 0.0799. The van der Waals surface area contributed by atoms with Gasteiger partial charge in [-0.25, -0.2) is 18.8 Å². The number of amidine groups is 1. The van der Waals surface area contributed by atoms with Gasteiger partial charge in [0.05, 0.1) is 17.9 Å². The van der Waals surface area contributed by atoms with Crippen molar-refractivity contribution in [2.45, 2.75) is 76.9 Å². The van der Waals surface area contributed by atoms with Gasteiger partial charge in [0, 0.05) is 19.2 Å². The third-order valence-electron chi connectivity index (χ3n) is 6.29. The average Bonchev–Trinajstić information content (AvgIpc) is 3.25. The number of aromatic nitrogens is 1. The van der Waals surface area contributed by atoms with Crippen LogP contribution in [0.4, 0.5) is 14.5 Å². The average molecular weight is 566 g/mol. The Morgan fingerprint density at radius 3 is 2.74 bits per heavy atom. The predicted octanol–water partition coefficient (Wildman–Crippen LogP) is 2.61. The van der Waals surface area contributed by atoms with Gasteiger partial charge in [0.25, 0.3) is 0 Å². The number of pyridine rings is 1. The molecule has 1 aromatic heterocycles. The second kappa shape index (κ2) is 15.4. The molecular weight excluding hydrogens is 528 g/mol. The van der Waals surface area contributed by atoms with Gasteiger partial charge < -0.3 is 40.2 Å². The van der Waals surface area contributed by atoms with E-state index >= 15 is 0 Å². The SMILES string of the molecule is CCC(F)CC1CCCN1.Cc1nc(Cl)c(F)c(N=COCO)c1/C(=N/O)N1CCCOCC1C(C)(O)O. The highest BCUT2D eigenvalue weighted by atomic mass is 35.5. The maximum Gasteiger partial charge on any atom is 0.187 e. The lowest BCUT2D eigenvalue weighted by atomic mass is 10.0. The zero-order valence-corrected chi connectivity index (χ0v) is 22.7. The molecule has 0 bridgehead atoms. The van der Waals surface area contributed by atoms with Crippen molar-refractivity contribution in [3.8, 4) is 0 Å². The molecule has 3 atom stereocenters. The number of nitrogens with one attached hydrogen (secondary N) is 1. The Hall–Kier alpha value is -2.16. The number of halogens is 3. The van der Waals surface area contributed by atoms with E-state index < -0.39 is 35.8 Å². The molecule has 2 aliphatic heterocycles. The molecule has 0 aromatic carbocycles. The number of aliphatic imine (C=N–C) groups is 1. The molecule has 0 saturated carbocycles. The number of hydrogen-bond acceptors (Lipinski definition) is 10. The Labute approximate surface area is 226 Å². The Morgan fingerprint density at radius 2 is 2.16 bits per heavy atom. The van der Waals surface area contributed by atoms with Crippen molar-refractivity contribution in [2.24, 2.45) is 10.1 Å². The Morgan fingerprint density at radius 1 is 1.42 bits per heavy atom. The van der Waals surface area contributed by atoms with E-state index in [0.717, 1.165) is 26.3 Å². The Balaban J connectivity index is 0.000000423. The zero-order valence-electron chi connectivity index (χ0n) is 21.9. The molecule has 0 spiro atoms. The number of ether oxygens (including phenoxy) is 2. The molecule has 5 N–H and O–H groups in total. The van der Waals surface area contributed by atoms with Crippen molar-refractivity contribution >= 4 is 29.5 Å². The number of rotatable bonds is 8. The van der Waals surface area contributed by atoms with Gasteiger partial charge in [0.1, 0.15) is 17.9 Å². The minimum Gasteiger partial charge on any atom is -0.457 e. The molecule has 0 radical (unpaired) electrons. The number of aliphatic hydroxyl groups is 3. The van der Waals surface area contributed by atoms with Crippen LogP contribution in [0.5, 0.6) is 0 Å². The number of alkyl halides is 1. The molecule has 216 valence electrons. The smallest absolute Gasteiger partial charge is 0.187 e. The number of nitrogens with zero attached hydrogens (tertiary/aromatic N) is 4. The molecule has 1 aromatic rings. The van der Waals surface area contributed by atoms with E-state index in [4.69, 9.17) is 21.4 Å². The fourth-order valence-corrected chi connectivity index (χ4v) is 4.53. The van der Waals surface area contributed by atoms with Crippen molar-refractivity contribution < 1.29 is 38.8 Å². The topological polar surface area (TPSA) is 152 Å². The maximum atomic E-state index is 14.6. The van der Waals surface area contributed by atoms with E-state index in [1.807, 2.05) is 6.92 Å². The minimum absolute atomic E-state index is 0.0293. The number of oxime groups is 1. The molecule has 3 heterocycles. The molecular formula is C24H38ClF2N5O6. The lowest BCUT2D eigenvalue weighted by molar-refractivity contribution is -0.191. The molecule has 38 heavy (non-hydrogen) atoms. The first-order valence-corrected chi connectivity index (χ1v) is 12.9. The van der Waals surface area contributed by atoms with E-state index in [1.54, 1.807) is 0 Å². The summed E-state index contributed by atoms with van der Waals surface area (Å²) in [6.07, 6.45) is 4.48. The van der Waals surface area contributed by atoms with Gasteiger partial charge in [0.15, 0.2) is 35.8 Å². The maximum absolute atomic E-state index is 14.6. The minimum atomic E-state index is -2.21. The molecule has 0 aliphatic carbocycles. The molecule has 2 fully saturated rings. The zero-order chi connectivity index (χ0) is 28.3. The molecule has 2 aliphatic rings. The molecule has 3 unspecified atom stereocenters. The van der Waals surface area contributed by atoms with Gasteiger partial charge in [-0.3, -0.25) is 0 Å². The van der Waals surface area contributed by atoms with Crippen LogP contribution in [0.2, 0.25) is 5.15 Å². The molecule has 2 saturated heterocycles. The molecule has 11 nitrogen and oxygen atoms in total. The fraction of sp³-hybridized carbons (Fsp3) is 0.708. The van der Waals surface area contributed by atoms with E-state index in [2.05, 4.69) is 25.2 Å². The van der Waals surface area contributed by atoms with E-state index in [9.17, 15) is 24.2 Å². The third kappa shape index (κ3) is 8.95. The predicted molar refractivity (Wildman–Crippen MR) is 138 cm³/mol. The molecule has 14 heteroatoms. The lowest BCUT2D eigenvalue weighted by Gasteiger charge is -2.37. The summed E-state index contributed by atoms with van der Waals surface area (Å²) in [5, 5.41) is 44.8. The van der Waals surface area contributed by atoms with E-state index in [0.29, 0.717) is 25.5 Å². The second-order valence-corrected chi connectivity index (χ2v) is 9.60. The summed E-state index contributed by atoms with van der Waals surface area (Å²) < 4.78 is 37.4. The standard InChI is InChI=1S/C16H22ClFN4O6.C8H16FN/c1-9-11(13(19-7-28-8-23)12(18)14(17)20-9)15(21-26)22-4-3-5-27-6-10(22)16(2,24)25;1-2-7(9)6-8-4-3-5-10-8/h7,10,23-26H,3-6,8H2,1-2H3;7-8,10H,2-6H2,1H3/b19-7?,21-15-;. The van der Waals surface area contributed by atoms with Gasteiger partial charge in [0.2, 0.25) is 0 Å². The van der Waals surface area contributed by atoms with Gasteiger partial charge in [-0.15, -0.1) is 0 Å². The summed E-state index contributed by atoms with van der Waals surface area (Å²) in [6.45, 7) is 5.47. The number of aryl methyl sites for hydroxylation is 1. The van der Waals surface area contributed by atoms with Gasteiger partial charge in [-0.2, -0.15) is 0 Å². The van der Waals surface area contributed by atoms with Crippen LogP contribution < -0.4 is 5.32 Å². The Kier molecular flexibility index (Phi) is 13.0. The number of hydrogen-bond donors (Lipinski definition) is 5. The van der Waals surface area contributed by atoms with Crippen molar-refractivity contribution in [1.82, 2.24) is 15.2 Å². The van der Waals surface area contributed by atoms with Crippen LogP contribution in [-0.2, 0) is 9.47 Å². The summed E-state index contributed by atoms with van der Waals surface area (Å²) in [7, 11) is 0. The first-order valence-electron chi connectivity index (χ1n) is 12.5. The van der Waals surface area contributed by atoms with Crippen LogP contribution in [0, 0.1) is 12.7 Å². The van der Waals surface area contributed by atoms with Crippen LogP contribution in [0.3, 0.4) is 0 Å². The largest absolute Gasteiger partial charge is 0.457 e. The van der Waals surface area contributed by atoms with Crippen LogP contribution >= 0.6 is 11.6 Å². The molecule has 0 amide bonds. The van der Waals surface area contributed by atoms with Gasteiger partial charge >= 0.3 is 0 Å². The summed E-state index contributed by atoms with van der Waals surface area (Å²) in [5.41, 5.74) is -0.199. The van der Waals surface area contributed by atoms with Crippen molar-refractivity contribution in [3.05, 3.63) is 22.2 Å². The second-order valence-electron chi connectivity index (χ2n) is 9.25. The van der Waals surface area contributed by atoms with Crippen molar-refractivity contribution in [2.75, 3.05) is 33.1 Å². The van der Waals surface area contributed by atoms with Crippen molar-refractivity contribution in [3.63, 3.8) is 0 Å². The van der Waals surface area contributed by atoms with Gasteiger partial charge in [-0.05, 0) is 52.5 Å². The van der Waals surface area contributed by atoms with Crippen LogP contribution in [0.15, 0.2) is 10.1 Å². The van der Waals surface area contributed by atoms with Crippen molar-refractivity contribution in [1.29, 1.82) is 0 Å². The summed E-state index contributed by atoms with van der Waals surface area (Å²) in [5.74, 6) is -3.41. The highest BCUT2D eigenvalue weighted by Crippen LogP contribution is 2.33. The van der Waals surface area contributed by atoms with Crippen LogP contribution in [0.1, 0.15) is 57.2 Å². The monoisotopic (exact) mass is 565 g/mol. The highest BCUT2D eigenvalue weighted by Gasteiger charge is 2.39. The van der Waals surface area contributed by atoms with Crippen LogP contribution in [0.25, 0.3) is 0 Å². The summed E-state index contributed by atoms with van der Waals surface area (Å²) in [4.78, 5) is 9.08. The first-order chi connectivity index (χ1) is 18.0. The first kappa shape index (κ1) is 32.1. The highest BCUT2D eigenvalue weighted by molar-refractivity contribution is 6.30. The summed E-state index contributed by atoms with van der Waals surface area (Å²) in [6, 6.07) is -0.556. The summed E-state index contributed by atoms with van der Waals surface area (Å²) >= 11 is 5.80. The Bertz CT molecular complexity index is 944. The number of aliphatic hydroxyl groups excluding tert-OH is 1. The fourth-order valence-electron chi connectivity index (χ4n) is 4.31. The third-order valence-corrected chi connectivity index (χ3v) is 6.54. The van der Waals surface area contributed by atoms with E-state index in [1.165, 1.54) is 24.7 Å². The lowest BCUT2D eigenvalue weighted by Crippen LogP contribution is -2.55. The normalized spacial score (nSPS) is 21.7.